The Labute approximate surface area is 119 Å². The molecule has 0 amide bonds. The molecule has 104 valence electrons. The van der Waals surface area contributed by atoms with Crippen molar-refractivity contribution in [2.45, 2.75) is 0 Å². The molecule has 2 aromatic rings. The van der Waals surface area contributed by atoms with Crippen LogP contribution in [-0.4, -0.2) is 18.1 Å². The number of nitrogen functional groups attached to an aromatic ring is 1. The molecule has 0 saturated heterocycles. The third kappa shape index (κ3) is 2.97. The second-order valence-corrected chi connectivity index (χ2v) is 4.28. The molecule has 3 N–H and O–H groups in total. The third-order valence-corrected chi connectivity index (χ3v) is 2.83. The van der Waals surface area contributed by atoms with E-state index in [9.17, 15) is 9.18 Å². The van der Waals surface area contributed by atoms with Crippen LogP contribution in [0.3, 0.4) is 0 Å². The summed E-state index contributed by atoms with van der Waals surface area (Å²) in [6, 6.07) is 6.76. The highest BCUT2D eigenvalue weighted by Gasteiger charge is 2.12. The Kier molecular flexibility index (Phi) is 4.05. The van der Waals surface area contributed by atoms with Gasteiger partial charge in [0.2, 0.25) is 0 Å². The van der Waals surface area contributed by atoms with Crippen LogP contribution in [0.25, 0.3) is 0 Å². The lowest BCUT2D eigenvalue weighted by atomic mass is 10.2. The number of anilines is 3. The molecule has 0 aliphatic heterocycles. The molecular weight excluding hydrogens is 285 g/mol. The number of carbonyl (C=O) groups is 1. The summed E-state index contributed by atoms with van der Waals surface area (Å²) in [6.07, 6.45) is 0. The standard InChI is InChI=1S/C13H11ClFN3O2/c1-20-13(19)10-5-4-9(16)12(17-10)18-11-6-7(15)2-3-8(11)14/h2-6H,16H2,1H3,(H,17,18). The molecule has 7 heteroatoms. The number of methoxy groups -OCH3 is 1. The maximum Gasteiger partial charge on any atom is 0.356 e. The Morgan fingerprint density at radius 2 is 2.15 bits per heavy atom. The zero-order valence-electron chi connectivity index (χ0n) is 10.5. The lowest BCUT2D eigenvalue weighted by Crippen LogP contribution is -2.08. The summed E-state index contributed by atoms with van der Waals surface area (Å²) in [7, 11) is 1.25. The van der Waals surface area contributed by atoms with Crippen LogP contribution < -0.4 is 11.1 Å². The Morgan fingerprint density at radius 1 is 1.40 bits per heavy atom. The number of hydrogen-bond acceptors (Lipinski definition) is 5. The molecule has 0 atom stereocenters. The van der Waals surface area contributed by atoms with Crippen molar-refractivity contribution in [1.82, 2.24) is 4.98 Å². The summed E-state index contributed by atoms with van der Waals surface area (Å²) in [6.45, 7) is 0. The van der Waals surface area contributed by atoms with E-state index >= 15 is 0 Å². The smallest absolute Gasteiger partial charge is 0.356 e. The van der Waals surface area contributed by atoms with Gasteiger partial charge in [-0.15, -0.1) is 0 Å². The fraction of sp³-hybridized carbons (Fsp3) is 0.0769. The van der Waals surface area contributed by atoms with Crippen LogP contribution in [-0.2, 0) is 4.74 Å². The van der Waals surface area contributed by atoms with Gasteiger partial charge in [-0.2, -0.15) is 0 Å². The number of ether oxygens (including phenoxy) is 1. The molecule has 0 aliphatic rings. The molecule has 0 fully saturated rings. The van der Waals surface area contributed by atoms with Crippen molar-refractivity contribution >= 4 is 34.8 Å². The summed E-state index contributed by atoms with van der Waals surface area (Å²) in [5, 5.41) is 3.09. The number of esters is 1. The predicted molar refractivity (Wildman–Crippen MR) is 74.7 cm³/mol. The zero-order chi connectivity index (χ0) is 14.7. The predicted octanol–water partition coefficient (Wildman–Crippen LogP) is 2.99. The summed E-state index contributed by atoms with van der Waals surface area (Å²) in [4.78, 5) is 15.4. The molecule has 0 spiro atoms. The number of nitrogens with zero attached hydrogens (tertiary/aromatic N) is 1. The molecule has 5 nitrogen and oxygen atoms in total. The molecule has 2 rings (SSSR count). The number of hydrogen-bond donors (Lipinski definition) is 2. The van der Waals surface area contributed by atoms with Crippen LogP contribution in [0.4, 0.5) is 21.6 Å². The number of carbonyl (C=O) groups excluding carboxylic acids is 1. The van der Waals surface area contributed by atoms with Crippen LogP contribution in [0.5, 0.6) is 0 Å². The van der Waals surface area contributed by atoms with Crippen molar-refractivity contribution in [2.24, 2.45) is 0 Å². The highest BCUT2D eigenvalue weighted by Crippen LogP contribution is 2.28. The van der Waals surface area contributed by atoms with Gasteiger partial charge in [-0.1, -0.05) is 11.6 Å². The van der Waals surface area contributed by atoms with Crippen molar-refractivity contribution in [3.63, 3.8) is 0 Å². The van der Waals surface area contributed by atoms with Gasteiger partial charge >= 0.3 is 5.97 Å². The zero-order valence-corrected chi connectivity index (χ0v) is 11.2. The largest absolute Gasteiger partial charge is 0.464 e. The average Bonchev–Trinajstić information content (AvgIpc) is 2.44. The van der Waals surface area contributed by atoms with E-state index in [2.05, 4.69) is 15.0 Å². The molecule has 0 bridgehead atoms. The number of rotatable bonds is 3. The first-order valence-electron chi connectivity index (χ1n) is 5.58. The monoisotopic (exact) mass is 295 g/mol. The SMILES string of the molecule is COC(=O)c1ccc(N)c(Nc2cc(F)ccc2Cl)n1. The topological polar surface area (TPSA) is 77.2 Å². The minimum absolute atomic E-state index is 0.0803. The number of pyridine rings is 1. The Hall–Kier alpha value is -2.34. The van der Waals surface area contributed by atoms with Crippen molar-refractivity contribution in [3.8, 4) is 0 Å². The number of aromatic nitrogens is 1. The van der Waals surface area contributed by atoms with Crippen LogP contribution >= 0.6 is 11.6 Å². The fourth-order valence-corrected chi connectivity index (χ4v) is 1.67. The minimum Gasteiger partial charge on any atom is -0.464 e. The maximum atomic E-state index is 13.2. The van der Waals surface area contributed by atoms with E-state index in [0.29, 0.717) is 10.7 Å². The van der Waals surface area contributed by atoms with Gasteiger partial charge in [0.25, 0.3) is 0 Å². The lowest BCUT2D eigenvalue weighted by molar-refractivity contribution is 0.0594. The van der Waals surface area contributed by atoms with E-state index in [1.54, 1.807) is 0 Å². The van der Waals surface area contributed by atoms with Gasteiger partial charge in [0.1, 0.15) is 5.82 Å². The Balaban J connectivity index is 2.37. The van der Waals surface area contributed by atoms with Gasteiger partial charge in [0.15, 0.2) is 11.5 Å². The number of nitrogens with one attached hydrogen (secondary N) is 1. The average molecular weight is 296 g/mol. The van der Waals surface area contributed by atoms with Crippen LogP contribution in [0, 0.1) is 5.82 Å². The van der Waals surface area contributed by atoms with E-state index in [1.165, 1.54) is 37.4 Å². The highest BCUT2D eigenvalue weighted by molar-refractivity contribution is 6.33. The van der Waals surface area contributed by atoms with Gasteiger partial charge in [-0.05, 0) is 30.3 Å². The van der Waals surface area contributed by atoms with E-state index in [4.69, 9.17) is 17.3 Å². The van der Waals surface area contributed by atoms with Gasteiger partial charge in [0, 0.05) is 0 Å². The molecule has 1 aromatic carbocycles. The third-order valence-electron chi connectivity index (χ3n) is 2.50. The maximum absolute atomic E-state index is 13.2. The Bertz CT molecular complexity index is 664. The summed E-state index contributed by atoms with van der Waals surface area (Å²) < 4.78 is 17.8. The van der Waals surface area contributed by atoms with Gasteiger partial charge in [0.05, 0.1) is 23.5 Å². The van der Waals surface area contributed by atoms with Gasteiger partial charge in [-0.25, -0.2) is 14.2 Å². The first-order chi connectivity index (χ1) is 9.51. The molecule has 0 radical (unpaired) electrons. The molecule has 1 heterocycles. The summed E-state index contributed by atoms with van der Waals surface area (Å²) >= 11 is 5.94. The molecule has 20 heavy (non-hydrogen) atoms. The quantitative estimate of drug-likeness (QED) is 0.851. The number of nitrogens with two attached hydrogens (primary N) is 1. The first-order valence-corrected chi connectivity index (χ1v) is 5.96. The van der Waals surface area contributed by atoms with Crippen molar-refractivity contribution in [1.29, 1.82) is 0 Å². The fourth-order valence-electron chi connectivity index (χ4n) is 1.51. The lowest BCUT2D eigenvalue weighted by Gasteiger charge is -2.11. The summed E-state index contributed by atoms with van der Waals surface area (Å²) in [5.74, 6) is -0.863. The molecular formula is C13H11ClFN3O2. The Morgan fingerprint density at radius 3 is 2.85 bits per heavy atom. The van der Waals surface area contributed by atoms with E-state index < -0.39 is 11.8 Å². The number of halogens is 2. The van der Waals surface area contributed by atoms with E-state index in [0.717, 1.165) is 0 Å². The van der Waals surface area contributed by atoms with Crippen molar-refractivity contribution in [2.75, 3.05) is 18.2 Å². The highest BCUT2D eigenvalue weighted by atomic mass is 35.5. The second-order valence-electron chi connectivity index (χ2n) is 3.88. The molecule has 1 aromatic heterocycles. The van der Waals surface area contributed by atoms with Crippen LogP contribution in [0.2, 0.25) is 5.02 Å². The van der Waals surface area contributed by atoms with Crippen LogP contribution in [0.15, 0.2) is 30.3 Å². The number of benzene rings is 1. The van der Waals surface area contributed by atoms with Crippen molar-refractivity contribution in [3.05, 3.63) is 46.9 Å². The molecule has 0 saturated carbocycles. The van der Waals surface area contributed by atoms with Crippen LogP contribution in [0.1, 0.15) is 10.5 Å². The summed E-state index contributed by atoms with van der Waals surface area (Å²) in [5.41, 5.74) is 6.42. The van der Waals surface area contributed by atoms with Gasteiger partial charge in [-0.3, -0.25) is 0 Å². The van der Waals surface area contributed by atoms with E-state index in [1.807, 2.05) is 0 Å². The van der Waals surface area contributed by atoms with Crippen molar-refractivity contribution < 1.29 is 13.9 Å². The van der Waals surface area contributed by atoms with Gasteiger partial charge < -0.3 is 15.8 Å². The first kappa shape index (κ1) is 14.1. The van der Waals surface area contributed by atoms with E-state index in [-0.39, 0.29) is 17.2 Å². The normalized spacial score (nSPS) is 10.2. The molecule has 0 unspecified atom stereocenters. The minimum atomic E-state index is -0.599. The molecule has 0 aliphatic carbocycles. The second kappa shape index (κ2) is 5.75.